The maximum atomic E-state index is 13.3. The summed E-state index contributed by atoms with van der Waals surface area (Å²) in [7, 11) is 0. The predicted molar refractivity (Wildman–Crippen MR) is 323 cm³/mol. The smallest absolute Gasteiger partial charge is 0.326 e. The monoisotopic (exact) mass is 1310 g/mol. The number of nitrogens with one attached hydrogen (secondary N) is 9. The van der Waals surface area contributed by atoms with Crippen LogP contribution in [0.25, 0.3) is 0 Å². The van der Waals surface area contributed by atoms with E-state index in [9.17, 15) is 43.5 Å². The molecule has 26 nitrogen and oxygen atoms in total. The SMILES string of the molecule is NC1=N[C@H]2[C@H](CS[C@H]2CCCCC(=O)NCCC(=O)NCCOCCOCCNC(=O)c2cc(NC(=O)c3ccc(I)cc3)cc(C(=O)NCCOCCOCCNC(=O)C[C@H](NC(=O)CCCC[C@@H]3SC[C@@H]4NC(N)=N[C@@H]43)C(=O)O)c2)N1. The van der Waals surface area contributed by atoms with Crippen molar-refractivity contribution in [3.05, 3.63) is 62.7 Å². The normalized spacial score (nSPS) is 19.6. The maximum Gasteiger partial charge on any atom is 0.326 e. The van der Waals surface area contributed by atoms with Crippen LogP contribution >= 0.6 is 46.1 Å². The number of amides is 7. The van der Waals surface area contributed by atoms with E-state index in [1.165, 1.54) is 18.2 Å². The zero-order valence-corrected chi connectivity index (χ0v) is 50.1. The summed E-state index contributed by atoms with van der Waals surface area (Å²) in [5.41, 5.74) is 12.4. The number of guanidine groups is 2. The number of aliphatic imine (C=N–C) groups is 2. The molecule has 0 radical (unpaired) electrons. The van der Waals surface area contributed by atoms with Gasteiger partial charge in [-0.2, -0.15) is 23.5 Å². The highest BCUT2D eigenvalue weighted by Crippen LogP contribution is 2.36. The lowest BCUT2D eigenvalue weighted by Gasteiger charge is -2.16. The summed E-state index contributed by atoms with van der Waals surface area (Å²) in [4.78, 5) is 110. The Labute approximate surface area is 504 Å². The quantitative estimate of drug-likeness (QED) is 0.0319. The Bertz CT molecular complexity index is 2570. The minimum atomic E-state index is -1.37. The van der Waals surface area contributed by atoms with E-state index in [0.29, 0.717) is 46.9 Å². The van der Waals surface area contributed by atoms with E-state index in [0.717, 1.165) is 47.2 Å². The van der Waals surface area contributed by atoms with Crippen molar-refractivity contribution in [3.8, 4) is 0 Å². The molecule has 0 bridgehead atoms. The third kappa shape index (κ3) is 23.9. The number of halogens is 1. The first kappa shape index (κ1) is 66.2. The van der Waals surface area contributed by atoms with Crippen LogP contribution in [0.2, 0.25) is 0 Å². The van der Waals surface area contributed by atoms with E-state index in [2.05, 4.69) is 80.4 Å². The van der Waals surface area contributed by atoms with Crippen molar-refractivity contribution in [1.82, 2.24) is 42.5 Å². The first-order valence-electron chi connectivity index (χ1n) is 28.0. The third-order valence-corrected chi connectivity index (χ3v) is 17.3. The molecule has 0 spiro atoms. The van der Waals surface area contributed by atoms with Crippen LogP contribution in [0, 0.1) is 3.57 Å². The molecule has 4 aliphatic rings. The Morgan fingerprint density at radius 1 is 0.566 bits per heavy atom. The molecular formula is C54H78IN13O13S2. The first-order valence-corrected chi connectivity index (χ1v) is 31.1. The molecule has 7 amide bonds. The van der Waals surface area contributed by atoms with Crippen LogP contribution in [-0.2, 0) is 42.9 Å². The summed E-state index contributed by atoms with van der Waals surface area (Å²) in [5, 5.41) is 35.6. The maximum absolute atomic E-state index is 13.3. The van der Waals surface area contributed by atoms with Crippen molar-refractivity contribution in [3.63, 3.8) is 0 Å². The highest BCUT2D eigenvalue weighted by molar-refractivity contribution is 14.1. The van der Waals surface area contributed by atoms with E-state index in [-0.39, 0.29) is 145 Å². The molecule has 0 aliphatic carbocycles. The average Bonchev–Trinajstić information content (AvgIpc) is 4.33. The van der Waals surface area contributed by atoms with Crippen molar-refractivity contribution in [2.24, 2.45) is 21.5 Å². The molecule has 6 rings (SSSR count). The molecule has 2 aromatic rings. The largest absolute Gasteiger partial charge is 0.480 e. The highest BCUT2D eigenvalue weighted by atomic mass is 127. The predicted octanol–water partition coefficient (Wildman–Crippen LogP) is 0.430. The number of rotatable bonds is 39. The van der Waals surface area contributed by atoms with Gasteiger partial charge in [-0.1, -0.05) is 12.8 Å². The molecule has 4 aliphatic heterocycles. The Morgan fingerprint density at radius 2 is 1.02 bits per heavy atom. The molecule has 7 atom stereocenters. The summed E-state index contributed by atoms with van der Waals surface area (Å²) in [5.74, 6) is -1.16. The summed E-state index contributed by atoms with van der Waals surface area (Å²) in [6.07, 6.45) is 5.15. The summed E-state index contributed by atoms with van der Waals surface area (Å²) >= 11 is 5.86. The molecule has 29 heteroatoms. The van der Waals surface area contributed by atoms with Gasteiger partial charge >= 0.3 is 5.97 Å². The molecule has 2 fully saturated rings. The number of carboxylic acid groups (broad SMARTS) is 1. The van der Waals surface area contributed by atoms with Gasteiger partial charge in [0.25, 0.3) is 17.7 Å². The number of carboxylic acids is 1. The Kier molecular flexibility index (Phi) is 28.7. The highest BCUT2D eigenvalue weighted by Gasteiger charge is 2.41. The number of hydrogen-bond donors (Lipinski definition) is 12. The van der Waals surface area contributed by atoms with Crippen LogP contribution < -0.4 is 59.3 Å². The number of unbranched alkanes of at least 4 members (excludes halogenated alkanes) is 2. The average molecular weight is 1310 g/mol. The zero-order chi connectivity index (χ0) is 59.3. The molecule has 2 saturated heterocycles. The molecule has 0 unspecified atom stereocenters. The second-order valence-electron chi connectivity index (χ2n) is 19.9. The van der Waals surface area contributed by atoms with Gasteiger partial charge in [-0.15, -0.1) is 0 Å². The van der Waals surface area contributed by atoms with Gasteiger partial charge in [0.2, 0.25) is 23.6 Å². The molecule has 0 aromatic heterocycles. The van der Waals surface area contributed by atoms with Gasteiger partial charge in [-0.25, -0.2) is 14.8 Å². The van der Waals surface area contributed by atoms with E-state index in [1.807, 2.05) is 23.5 Å². The lowest BCUT2D eigenvalue weighted by molar-refractivity contribution is -0.143. The number of thioether (sulfide) groups is 2. The fourth-order valence-corrected chi connectivity index (χ4v) is 12.7. The van der Waals surface area contributed by atoms with Gasteiger partial charge in [0, 0.05) is 99.9 Å². The molecular weight excluding hydrogens is 1230 g/mol. The first-order chi connectivity index (χ1) is 40.1. The van der Waals surface area contributed by atoms with Crippen LogP contribution in [0.15, 0.2) is 52.4 Å². The van der Waals surface area contributed by atoms with E-state index < -0.39 is 48.0 Å². The fraction of sp³-hybridized carbons (Fsp3) is 0.593. The van der Waals surface area contributed by atoms with Gasteiger partial charge in [0.05, 0.1) is 83.4 Å². The van der Waals surface area contributed by atoms with Gasteiger partial charge in [-0.3, -0.25) is 33.6 Å². The number of anilines is 1. The van der Waals surface area contributed by atoms with Gasteiger partial charge in [0.1, 0.15) is 6.04 Å². The Morgan fingerprint density at radius 3 is 1.53 bits per heavy atom. The number of aliphatic carboxylic acids is 1. The van der Waals surface area contributed by atoms with E-state index in [1.54, 1.807) is 24.3 Å². The molecule has 4 heterocycles. The van der Waals surface area contributed by atoms with Gasteiger partial charge in [-0.05, 0) is 90.7 Å². The van der Waals surface area contributed by atoms with Crippen LogP contribution in [0.4, 0.5) is 5.69 Å². The van der Waals surface area contributed by atoms with Gasteiger partial charge in [0.15, 0.2) is 11.9 Å². The van der Waals surface area contributed by atoms with Crippen molar-refractivity contribution >= 4 is 111 Å². The Balaban J connectivity index is 0.783. The van der Waals surface area contributed by atoms with Crippen molar-refractivity contribution in [2.45, 2.75) is 105 Å². The second kappa shape index (κ2) is 36.0. The Hall–Kier alpha value is -5.99. The van der Waals surface area contributed by atoms with Crippen molar-refractivity contribution in [2.75, 3.05) is 102 Å². The molecule has 83 heavy (non-hydrogen) atoms. The van der Waals surface area contributed by atoms with E-state index >= 15 is 0 Å². The number of carbonyl (C=O) groups excluding carboxylic acids is 7. The molecule has 456 valence electrons. The number of nitrogens with zero attached hydrogens (tertiary/aromatic N) is 2. The molecule has 14 N–H and O–H groups in total. The molecule has 0 saturated carbocycles. The minimum Gasteiger partial charge on any atom is -0.480 e. The summed E-state index contributed by atoms with van der Waals surface area (Å²) in [6.45, 7) is 2.33. The number of ether oxygens (including phenoxy) is 4. The minimum absolute atomic E-state index is 0.0776. The second-order valence-corrected chi connectivity index (χ2v) is 23.7. The fourth-order valence-electron chi connectivity index (χ4n) is 9.34. The number of carbonyl (C=O) groups is 8. The van der Waals surface area contributed by atoms with Crippen LogP contribution in [-0.4, -0.2) is 202 Å². The number of benzene rings is 2. The standard InChI is InChI=1S/C54H78IN13O13S2/c55-36-11-9-33(10-12-36)51(75)63-37-28-34(49(73)61-17-21-80-25-23-78-19-15-59-44(70)13-14-58-43(69)7-3-1-5-41-47-39(31-82-41)65-53(56)67-47)27-35(29-37)50(74)62-18-22-81-26-24-79-20-16-60-46(72)30-38(52(76)77)64-45(71)8-4-2-6-42-48-40(32-83-42)66-54(57)68-48/h9-12,27-29,38-42,47-48H,1-8,13-26,30-32H2,(H,58,69)(H,59,70)(H,60,72)(H,61,73)(H,62,74)(H,63,75)(H,64,71)(H,76,77)(H3,56,65,67)(H3,57,66,68)/t38-,39-,40-,41-,42-,47-,48-/m0/s1. The lowest BCUT2D eigenvalue weighted by atomic mass is 10.0. The number of fused-ring (bicyclic) bond motifs is 2. The van der Waals surface area contributed by atoms with Crippen molar-refractivity contribution in [1.29, 1.82) is 0 Å². The molecule has 2 aromatic carbocycles. The summed E-state index contributed by atoms with van der Waals surface area (Å²) < 4.78 is 23.1. The summed E-state index contributed by atoms with van der Waals surface area (Å²) in [6, 6.07) is 10.8. The topological polar surface area (TPSA) is 379 Å². The number of nitrogens with two attached hydrogens (primary N) is 2. The van der Waals surface area contributed by atoms with Crippen LogP contribution in [0.5, 0.6) is 0 Å². The number of hydrogen-bond acceptors (Lipinski definition) is 20. The van der Waals surface area contributed by atoms with Gasteiger partial charge < -0.3 is 83.4 Å². The van der Waals surface area contributed by atoms with Crippen LogP contribution in [0.3, 0.4) is 0 Å². The van der Waals surface area contributed by atoms with Crippen molar-refractivity contribution < 1.29 is 62.4 Å². The lowest BCUT2D eigenvalue weighted by Crippen LogP contribution is -2.44. The zero-order valence-electron chi connectivity index (χ0n) is 46.4. The third-order valence-electron chi connectivity index (χ3n) is 13.6. The van der Waals surface area contributed by atoms with E-state index in [4.69, 9.17) is 30.4 Å². The van der Waals surface area contributed by atoms with Crippen LogP contribution in [0.1, 0.15) is 95.3 Å².